The third kappa shape index (κ3) is 5.67. The van der Waals surface area contributed by atoms with Crippen molar-refractivity contribution >= 4 is 11.7 Å². The third-order valence-corrected chi connectivity index (χ3v) is 4.11. The van der Waals surface area contributed by atoms with E-state index in [4.69, 9.17) is 10.5 Å². The highest BCUT2D eigenvalue weighted by Gasteiger charge is 2.16. The van der Waals surface area contributed by atoms with Crippen molar-refractivity contribution in [2.24, 2.45) is 11.7 Å². The number of ketones is 1. The number of nitrogens with two attached hydrogens (primary N) is 1. The molecule has 0 saturated heterocycles. The zero-order valence-electron chi connectivity index (χ0n) is 14.8. The number of ether oxygens (including phenoxy) is 1. The van der Waals surface area contributed by atoms with Gasteiger partial charge in [0.15, 0.2) is 5.78 Å². The summed E-state index contributed by atoms with van der Waals surface area (Å²) in [6.07, 6.45) is 0.974. The molecule has 5 nitrogen and oxygen atoms in total. The van der Waals surface area contributed by atoms with Crippen LogP contribution in [0.2, 0.25) is 0 Å². The quantitative estimate of drug-likeness (QED) is 0.746. The molecule has 0 aliphatic carbocycles. The lowest BCUT2D eigenvalue weighted by atomic mass is 10.0. The van der Waals surface area contributed by atoms with Crippen molar-refractivity contribution in [2.45, 2.75) is 39.7 Å². The number of hydrogen-bond donors (Lipinski definition) is 1. The maximum atomic E-state index is 12.4. The molecular formula is C18H28N2O3. The standard InChI is InChI=1S/C18H28N2O3/c1-12(2)16(19)8-9-20(4)18(22)11-15-10-14(13(3)21)6-7-17(15)23-5/h6-7,10,12,16H,8-9,11,19H2,1-5H3. The van der Waals surface area contributed by atoms with E-state index in [9.17, 15) is 9.59 Å². The highest BCUT2D eigenvalue weighted by molar-refractivity contribution is 5.94. The van der Waals surface area contributed by atoms with Crippen LogP contribution < -0.4 is 10.5 Å². The summed E-state index contributed by atoms with van der Waals surface area (Å²) in [6, 6.07) is 5.25. The summed E-state index contributed by atoms with van der Waals surface area (Å²) in [5.74, 6) is 0.971. The lowest BCUT2D eigenvalue weighted by Crippen LogP contribution is -2.35. The third-order valence-electron chi connectivity index (χ3n) is 4.11. The fraction of sp³-hybridized carbons (Fsp3) is 0.556. The van der Waals surface area contributed by atoms with E-state index >= 15 is 0 Å². The molecule has 1 aromatic carbocycles. The van der Waals surface area contributed by atoms with Gasteiger partial charge in [-0.25, -0.2) is 0 Å². The highest BCUT2D eigenvalue weighted by Crippen LogP contribution is 2.21. The molecule has 0 bridgehead atoms. The van der Waals surface area contributed by atoms with Crippen LogP contribution in [0.1, 0.15) is 43.1 Å². The zero-order valence-corrected chi connectivity index (χ0v) is 14.8. The molecule has 1 atom stereocenters. The summed E-state index contributed by atoms with van der Waals surface area (Å²) in [4.78, 5) is 25.6. The molecule has 1 aromatic rings. The van der Waals surface area contributed by atoms with Gasteiger partial charge in [-0.15, -0.1) is 0 Å². The van der Waals surface area contributed by atoms with Gasteiger partial charge in [-0.2, -0.15) is 0 Å². The first-order valence-electron chi connectivity index (χ1n) is 7.93. The predicted octanol–water partition coefficient (Wildman–Crippen LogP) is 2.27. The SMILES string of the molecule is COc1ccc(C(C)=O)cc1CC(=O)N(C)CCC(N)C(C)C. The van der Waals surface area contributed by atoms with E-state index in [0.29, 0.717) is 23.8 Å². The number of amides is 1. The van der Waals surface area contributed by atoms with Gasteiger partial charge in [0.2, 0.25) is 5.91 Å². The number of nitrogens with zero attached hydrogens (tertiary/aromatic N) is 1. The fourth-order valence-electron chi connectivity index (χ4n) is 2.23. The first-order valence-corrected chi connectivity index (χ1v) is 7.93. The van der Waals surface area contributed by atoms with Gasteiger partial charge in [0.25, 0.3) is 0 Å². The minimum atomic E-state index is -0.0300. The highest BCUT2D eigenvalue weighted by atomic mass is 16.5. The molecule has 0 fully saturated rings. The van der Waals surface area contributed by atoms with Gasteiger partial charge >= 0.3 is 0 Å². The van der Waals surface area contributed by atoms with Crippen LogP contribution in [0.15, 0.2) is 18.2 Å². The smallest absolute Gasteiger partial charge is 0.226 e. The Kier molecular flexibility index (Phi) is 7.23. The predicted molar refractivity (Wildman–Crippen MR) is 91.8 cm³/mol. The van der Waals surface area contributed by atoms with Gasteiger partial charge in [0.1, 0.15) is 5.75 Å². The van der Waals surface area contributed by atoms with Gasteiger partial charge in [-0.05, 0) is 37.5 Å². The van der Waals surface area contributed by atoms with E-state index in [2.05, 4.69) is 13.8 Å². The summed E-state index contributed by atoms with van der Waals surface area (Å²) in [5, 5.41) is 0. The average molecular weight is 320 g/mol. The molecule has 1 unspecified atom stereocenters. The number of benzene rings is 1. The van der Waals surface area contributed by atoms with Crippen LogP contribution in [-0.4, -0.2) is 43.3 Å². The van der Waals surface area contributed by atoms with Gasteiger partial charge in [-0.3, -0.25) is 9.59 Å². The number of hydrogen-bond acceptors (Lipinski definition) is 4. The number of likely N-dealkylation sites (N-methyl/N-ethyl adjacent to an activating group) is 1. The summed E-state index contributed by atoms with van der Waals surface area (Å²) in [7, 11) is 3.33. The fourth-order valence-corrected chi connectivity index (χ4v) is 2.23. The maximum absolute atomic E-state index is 12.4. The second-order valence-electron chi connectivity index (χ2n) is 6.27. The van der Waals surface area contributed by atoms with Crippen molar-refractivity contribution in [1.82, 2.24) is 4.90 Å². The van der Waals surface area contributed by atoms with Gasteiger partial charge in [-0.1, -0.05) is 13.8 Å². The lowest BCUT2D eigenvalue weighted by Gasteiger charge is -2.22. The molecule has 0 aliphatic heterocycles. The average Bonchev–Trinajstić information content (AvgIpc) is 2.51. The van der Waals surface area contributed by atoms with E-state index in [1.54, 1.807) is 37.3 Å². The second-order valence-corrected chi connectivity index (χ2v) is 6.27. The van der Waals surface area contributed by atoms with Crippen LogP contribution in [0.4, 0.5) is 0 Å². The Morgan fingerprint density at radius 1 is 1.30 bits per heavy atom. The normalized spacial score (nSPS) is 12.1. The number of methoxy groups -OCH3 is 1. The largest absolute Gasteiger partial charge is 0.496 e. The van der Waals surface area contributed by atoms with Crippen LogP contribution >= 0.6 is 0 Å². The van der Waals surface area contributed by atoms with Crippen LogP contribution in [-0.2, 0) is 11.2 Å². The Bertz CT molecular complexity index is 555. The molecular weight excluding hydrogens is 292 g/mol. The van der Waals surface area contributed by atoms with E-state index < -0.39 is 0 Å². The zero-order chi connectivity index (χ0) is 17.6. The van der Waals surface area contributed by atoms with Gasteiger partial charge < -0.3 is 15.4 Å². The van der Waals surface area contributed by atoms with Crippen LogP contribution in [0.5, 0.6) is 5.75 Å². The topological polar surface area (TPSA) is 72.6 Å². The lowest BCUT2D eigenvalue weighted by molar-refractivity contribution is -0.129. The molecule has 128 valence electrons. The second kappa shape index (κ2) is 8.67. The molecule has 0 heterocycles. The number of carbonyl (C=O) groups excluding carboxylic acids is 2. The van der Waals surface area contributed by atoms with E-state index in [0.717, 1.165) is 12.0 Å². The molecule has 0 radical (unpaired) electrons. The Morgan fingerprint density at radius 3 is 2.48 bits per heavy atom. The molecule has 1 amide bonds. The van der Waals surface area contributed by atoms with Crippen LogP contribution in [0, 0.1) is 5.92 Å². The molecule has 0 aromatic heterocycles. The molecule has 5 heteroatoms. The maximum Gasteiger partial charge on any atom is 0.226 e. The summed E-state index contributed by atoms with van der Waals surface area (Å²) < 4.78 is 5.29. The molecule has 0 saturated carbocycles. The number of Topliss-reactive ketones (excluding diaryl/α,β-unsaturated/α-hetero) is 1. The van der Waals surface area contributed by atoms with Crippen LogP contribution in [0.3, 0.4) is 0 Å². The minimum absolute atomic E-state index is 0.0139. The Hall–Kier alpha value is -1.88. The Labute approximate surface area is 138 Å². The summed E-state index contributed by atoms with van der Waals surface area (Å²) in [5.41, 5.74) is 7.33. The van der Waals surface area contributed by atoms with Gasteiger partial charge in [0.05, 0.1) is 13.5 Å². The molecule has 1 rings (SSSR count). The monoisotopic (exact) mass is 320 g/mol. The molecule has 0 aliphatic rings. The number of rotatable bonds is 8. The number of carbonyl (C=O) groups is 2. The Morgan fingerprint density at radius 2 is 1.96 bits per heavy atom. The molecule has 2 N–H and O–H groups in total. The van der Waals surface area contributed by atoms with Crippen molar-refractivity contribution in [3.63, 3.8) is 0 Å². The first kappa shape index (κ1) is 19.2. The van der Waals surface area contributed by atoms with Crippen molar-refractivity contribution in [1.29, 1.82) is 0 Å². The molecule has 23 heavy (non-hydrogen) atoms. The van der Waals surface area contributed by atoms with Crippen LogP contribution in [0.25, 0.3) is 0 Å². The Balaban J connectivity index is 2.75. The van der Waals surface area contributed by atoms with Crippen molar-refractivity contribution in [2.75, 3.05) is 20.7 Å². The van der Waals surface area contributed by atoms with Crippen molar-refractivity contribution < 1.29 is 14.3 Å². The summed E-state index contributed by atoms with van der Waals surface area (Å²) >= 11 is 0. The van der Waals surface area contributed by atoms with E-state index in [1.807, 2.05) is 0 Å². The van der Waals surface area contributed by atoms with Crippen molar-refractivity contribution in [3.8, 4) is 5.75 Å². The van der Waals surface area contributed by atoms with E-state index in [1.165, 1.54) is 6.92 Å². The van der Waals surface area contributed by atoms with Crippen molar-refractivity contribution in [3.05, 3.63) is 29.3 Å². The van der Waals surface area contributed by atoms with Gasteiger partial charge in [0, 0.05) is 30.8 Å². The van der Waals surface area contributed by atoms with E-state index in [-0.39, 0.29) is 24.2 Å². The molecule has 0 spiro atoms. The minimum Gasteiger partial charge on any atom is -0.496 e. The first-order chi connectivity index (χ1) is 10.8. The summed E-state index contributed by atoms with van der Waals surface area (Å²) in [6.45, 7) is 6.27.